The quantitative estimate of drug-likeness (QED) is 0.891. The number of thioether (sulfide) groups is 1. The SMILES string of the molecule is CC1CCN(CC2CCNCC2)c2ccccc2S1. The van der Waals surface area contributed by atoms with E-state index < -0.39 is 0 Å². The first-order chi connectivity index (χ1) is 9.33. The van der Waals surface area contributed by atoms with Gasteiger partial charge in [0, 0.05) is 23.2 Å². The van der Waals surface area contributed by atoms with Crippen LogP contribution in [0.15, 0.2) is 29.2 Å². The van der Waals surface area contributed by atoms with Gasteiger partial charge in [-0.15, -0.1) is 11.8 Å². The molecule has 0 saturated carbocycles. The summed E-state index contributed by atoms with van der Waals surface area (Å²) in [7, 11) is 0. The zero-order valence-electron chi connectivity index (χ0n) is 11.8. The molecule has 3 heteroatoms. The Labute approximate surface area is 121 Å². The van der Waals surface area contributed by atoms with Crippen molar-refractivity contribution in [3.05, 3.63) is 24.3 Å². The van der Waals surface area contributed by atoms with Gasteiger partial charge in [0.05, 0.1) is 5.69 Å². The molecule has 104 valence electrons. The van der Waals surface area contributed by atoms with E-state index in [4.69, 9.17) is 0 Å². The van der Waals surface area contributed by atoms with E-state index in [-0.39, 0.29) is 0 Å². The minimum atomic E-state index is 0.735. The molecule has 1 aromatic rings. The van der Waals surface area contributed by atoms with Gasteiger partial charge in [-0.2, -0.15) is 0 Å². The number of nitrogens with zero attached hydrogens (tertiary/aromatic N) is 1. The normalized spacial score (nSPS) is 24.9. The second-order valence-electron chi connectivity index (χ2n) is 5.82. The summed E-state index contributed by atoms with van der Waals surface area (Å²) in [6, 6.07) is 8.95. The lowest BCUT2D eigenvalue weighted by molar-refractivity contribution is 0.373. The van der Waals surface area contributed by atoms with E-state index in [2.05, 4.69) is 41.4 Å². The highest BCUT2D eigenvalue weighted by Gasteiger charge is 2.22. The van der Waals surface area contributed by atoms with Gasteiger partial charge in [0.1, 0.15) is 0 Å². The zero-order valence-corrected chi connectivity index (χ0v) is 12.6. The van der Waals surface area contributed by atoms with Crippen molar-refractivity contribution in [1.82, 2.24) is 5.32 Å². The Balaban J connectivity index is 1.76. The van der Waals surface area contributed by atoms with Gasteiger partial charge in [-0.25, -0.2) is 0 Å². The fourth-order valence-electron chi connectivity index (χ4n) is 3.12. The van der Waals surface area contributed by atoms with Crippen molar-refractivity contribution in [2.24, 2.45) is 5.92 Å². The van der Waals surface area contributed by atoms with E-state index in [0.717, 1.165) is 11.2 Å². The van der Waals surface area contributed by atoms with E-state index in [1.807, 2.05) is 11.8 Å². The molecule has 0 aliphatic carbocycles. The first-order valence-corrected chi connectivity index (χ1v) is 8.42. The third-order valence-electron chi connectivity index (χ3n) is 4.28. The fourth-order valence-corrected chi connectivity index (χ4v) is 4.25. The van der Waals surface area contributed by atoms with Gasteiger partial charge in [-0.1, -0.05) is 19.1 Å². The van der Waals surface area contributed by atoms with Gasteiger partial charge < -0.3 is 10.2 Å². The number of para-hydroxylation sites is 1. The molecule has 0 radical (unpaired) electrons. The standard InChI is InChI=1S/C16H24N2S/c1-13-8-11-18(12-14-6-9-17-10-7-14)15-4-2-3-5-16(15)19-13/h2-5,13-14,17H,6-12H2,1H3. The minimum absolute atomic E-state index is 0.735. The smallest absolute Gasteiger partial charge is 0.0504 e. The Kier molecular flexibility index (Phi) is 4.34. The molecule has 1 fully saturated rings. The number of fused-ring (bicyclic) bond motifs is 1. The van der Waals surface area contributed by atoms with Crippen LogP contribution in [0.4, 0.5) is 5.69 Å². The molecule has 3 rings (SSSR count). The molecule has 2 nitrogen and oxygen atoms in total. The zero-order chi connectivity index (χ0) is 13.1. The Hall–Kier alpha value is -0.670. The summed E-state index contributed by atoms with van der Waals surface area (Å²) in [5, 5.41) is 4.20. The average molecular weight is 276 g/mol. The molecule has 0 bridgehead atoms. The number of piperidine rings is 1. The number of hydrogen-bond acceptors (Lipinski definition) is 3. The van der Waals surface area contributed by atoms with Crippen LogP contribution in [-0.4, -0.2) is 31.4 Å². The molecule has 19 heavy (non-hydrogen) atoms. The molecule has 1 aromatic carbocycles. The van der Waals surface area contributed by atoms with Gasteiger partial charge in [-0.05, 0) is 50.4 Å². The van der Waals surface area contributed by atoms with Crippen molar-refractivity contribution in [1.29, 1.82) is 0 Å². The number of benzene rings is 1. The first kappa shape index (κ1) is 13.3. The van der Waals surface area contributed by atoms with Crippen molar-refractivity contribution in [2.75, 3.05) is 31.1 Å². The van der Waals surface area contributed by atoms with E-state index in [9.17, 15) is 0 Å². The van der Waals surface area contributed by atoms with Gasteiger partial charge in [0.15, 0.2) is 0 Å². The highest BCUT2D eigenvalue weighted by molar-refractivity contribution is 8.00. The Bertz CT molecular complexity index is 415. The largest absolute Gasteiger partial charge is 0.370 e. The maximum Gasteiger partial charge on any atom is 0.0504 e. The number of rotatable bonds is 2. The summed E-state index contributed by atoms with van der Waals surface area (Å²) in [6.45, 7) is 7.22. The highest BCUT2D eigenvalue weighted by Crippen LogP contribution is 2.37. The van der Waals surface area contributed by atoms with Crippen LogP contribution in [0, 0.1) is 5.92 Å². The highest BCUT2D eigenvalue weighted by atomic mass is 32.2. The molecule has 1 N–H and O–H groups in total. The predicted molar refractivity (Wildman–Crippen MR) is 84.2 cm³/mol. The van der Waals surface area contributed by atoms with Crippen molar-refractivity contribution in [3.8, 4) is 0 Å². The van der Waals surface area contributed by atoms with Gasteiger partial charge in [0.2, 0.25) is 0 Å². The first-order valence-electron chi connectivity index (χ1n) is 7.54. The van der Waals surface area contributed by atoms with E-state index >= 15 is 0 Å². The molecule has 0 spiro atoms. The third-order valence-corrected chi connectivity index (χ3v) is 5.51. The second kappa shape index (κ2) is 6.19. The molecular weight excluding hydrogens is 252 g/mol. The maximum absolute atomic E-state index is 3.47. The summed E-state index contributed by atoms with van der Waals surface area (Å²) in [6.07, 6.45) is 3.97. The lowest BCUT2D eigenvalue weighted by Gasteiger charge is -2.31. The molecule has 1 unspecified atom stereocenters. The van der Waals surface area contributed by atoms with Crippen molar-refractivity contribution in [3.63, 3.8) is 0 Å². The van der Waals surface area contributed by atoms with Crippen molar-refractivity contribution in [2.45, 2.75) is 36.3 Å². The van der Waals surface area contributed by atoms with Gasteiger partial charge in [0.25, 0.3) is 0 Å². The van der Waals surface area contributed by atoms with Crippen LogP contribution in [0.25, 0.3) is 0 Å². The molecular formula is C16H24N2S. The van der Waals surface area contributed by atoms with Crippen LogP contribution in [0.3, 0.4) is 0 Å². The maximum atomic E-state index is 3.47. The number of anilines is 1. The van der Waals surface area contributed by atoms with Gasteiger partial charge in [-0.3, -0.25) is 0 Å². The fraction of sp³-hybridized carbons (Fsp3) is 0.625. The number of hydrogen-bond donors (Lipinski definition) is 1. The Morgan fingerprint density at radius 1 is 1.21 bits per heavy atom. The average Bonchev–Trinajstić information content (AvgIpc) is 2.60. The van der Waals surface area contributed by atoms with Crippen molar-refractivity contribution < 1.29 is 0 Å². The summed E-state index contributed by atoms with van der Waals surface area (Å²) in [5.41, 5.74) is 1.47. The number of nitrogens with one attached hydrogen (secondary N) is 1. The molecule has 2 heterocycles. The lowest BCUT2D eigenvalue weighted by Crippen LogP contribution is -2.36. The molecule has 0 amide bonds. The van der Waals surface area contributed by atoms with Crippen LogP contribution < -0.4 is 10.2 Å². The summed E-state index contributed by atoms with van der Waals surface area (Å²) < 4.78 is 0. The Morgan fingerprint density at radius 3 is 2.84 bits per heavy atom. The molecule has 1 atom stereocenters. The molecule has 0 aromatic heterocycles. The van der Waals surface area contributed by atoms with Crippen LogP contribution in [0.5, 0.6) is 0 Å². The van der Waals surface area contributed by atoms with Crippen molar-refractivity contribution >= 4 is 17.4 Å². The van der Waals surface area contributed by atoms with E-state index in [1.54, 1.807) is 0 Å². The molecule has 2 aliphatic rings. The van der Waals surface area contributed by atoms with E-state index in [1.165, 1.54) is 56.0 Å². The lowest BCUT2D eigenvalue weighted by atomic mass is 9.97. The third kappa shape index (κ3) is 3.26. The summed E-state index contributed by atoms with van der Waals surface area (Å²) in [5.74, 6) is 0.868. The van der Waals surface area contributed by atoms with Gasteiger partial charge >= 0.3 is 0 Å². The van der Waals surface area contributed by atoms with E-state index in [0.29, 0.717) is 0 Å². The Morgan fingerprint density at radius 2 is 2.00 bits per heavy atom. The second-order valence-corrected chi connectivity index (χ2v) is 7.30. The monoisotopic (exact) mass is 276 g/mol. The van der Waals surface area contributed by atoms with Crippen LogP contribution in [0.1, 0.15) is 26.2 Å². The van der Waals surface area contributed by atoms with Crippen LogP contribution in [-0.2, 0) is 0 Å². The topological polar surface area (TPSA) is 15.3 Å². The predicted octanol–water partition coefficient (Wildman–Crippen LogP) is 3.38. The summed E-state index contributed by atoms with van der Waals surface area (Å²) >= 11 is 2.04. The minimum Gasteiger partial charge on any atom is -0.370 e. The van der Waals surface area contributed by atoms with Crippen LogP contribution in [0.2, 0.25) is 0 Å². The molecule has 1 saturated heterocycles. The molecule has 2 aliphatic heterocycles. The summed E-state index contributed by atoms with van der Waals surface area (Å²) in [4.78, 5) is 4.11. The van der Waals surface area contributed by atoms with Crippen LogP contribution >= 0.6 is 11.8 Å².